The van der Waals surface area contributed by atoms with Gasteiger partial charge in [-0.3, -0.25) is 13.8 Å². The molecule has 540 valence electrons. The summed E-state index contributed by atoms with van der Waals surface area (Å²) in [4.78, 5) is 23.5. The van der Waals surface area contributed by atoms with Gasteiger partial charge in [0.2, 0.25) is 5.91 Å². The van der Waals surface area contributed by atoms with Gasteiger partial charge in [-0.15, -0.1) is 0 Å². The van der Waals surface area contributed by atoms with Gasteiger partial charge in [0, 0.05) is 6.42 Å². The Labute approximate surface area is 578 Å². The molecule has 3 unspecified atom stereocenters. The van der Waals surface area contributed by atoms with Crippen molar-refractivity contribution in [2.45, 2.75) is 379 Å². The maximum atomic E-state index is 13.1. The molecule has 0 saturated carbocycles. The number of aliphatic hydroxyl groups is 1. The van der Waals surface area contributed by atoms with Crippen LogP contribution in [-0.4, -0.2) is 73.4 Å². The first-order chi connectivity index (χ1) is 45.5. The Morgan fingerprint density at radius 1 is 0.376 bits per heavy atom. The van der Waals surface area contributed by atoms with E-state index >= 15 is 0 Å². The molecule has 0 bridgehead atoms. The van der Waals surface area contributed by atoms with E-state index in [0.717, 1.165) is 83.5 Å². The molecule has 0 aromatic rings. The van der Waals surface area contributed by atoms with E-state index in [1.54, 1.807) is 6.08 Å². The van der Waals surface area contributed by atoms with Crippen LogP contribution in [0.4, 0.5) is 0 Å². The Morgan fingerprint density at radius 3 is 0.989 bits per heavy atom. The summed E-state index contributed by atoms with van der Waals surface area (Å²) in [6, 6.07) is -0.870. The van der Waals surface area contributed by atoms with Gasteiger partial charge in [-0.1, -0.05) is 380 Å². The van der Waals surface area contributed by atoms with E-state index in [4.69, 9.17) is 9.05 Å². The fourth-order valence-electron chi connectivity index (χ4n) is 11.6. The van der Waals surface area contributed by atoms with Crippen molar-refractivity contribution in [3.8, 4) is 0 Å². The molecule has 0 aliphatic heterocycles. The number of nitrogens with zero attached hydrogens (tertiary/aromatic N) is 1. The number of nitrogens with one attached hydrogen (secondary N) is 1. The molecule has 93 heavy (non-hydrogen) atoms. The highest BCUT2D eigenvalue weighted by atomic mass is 31.2. The molecule has 0 heterocycles. The summed E-state index contributed by atoms with van der Waals surface area (Å²) in [5, 5.41) is 14.0. The van der Waals surface area contributed by atoms with Gasteiger partial charge in [0.1, 0.15) is 13.2 Å². The highest BCUT2D eigenvalue weighted by Gasteiger charge is 2.28. The highest BCUT2D eigenvalue weighted by molar-refractivity contribution is 7.47. The SMILES string of the molecule is CC/C=C\C/C=C\C/C=C\C/C=C\C/C=C\C/C=C\C/C=C\CCCCCCCCCCCCCCCCCCCC(=O)NC(COP(=O)(O)OCC[N+](C)(C)C)C(O)/C=C/CC/C=C/CCCCCCCCCCCCCCCCCCCCCCCCCCCC. The zero-order valence-corrected chi connectivity index (χ0v) is 62.9. The van der Waals surface area contributed by atoms with Crippen molar-refractivity contribution in [1.82, 2.24) is 5.32 Å². The number of hydrogen-bond acceptors (Lipinski definition) is 5. The number of phosphoric ester groups is 1. The topological polar surface area (TPSA) is 105 Å². The van der Waals surface area contributed by atoms with E-state index in [9.17, 15) is 19.4 Å². The first-order valence-electron chi connectivity index (χ1n) is 39.8. The molecule has 3 atom stereocenters. The van der Waals surface area contributed by atoms with Crippen molar-refractivity contribution in [3.05, 3.63) is 109 Å². The normalized spacial score (nSPS) is 14.1. The summed E-state index contributed by atoms with van der Waals surface area (Å²) in [7, 11) is 1.56. The Morgan fingerprint density at radius 2 is 0.656 bits per heavy atom. The van der Waals surface area contributed by atoms with Crippen LogP contribution in [-0.2, 0) is 18.4 Å². The number of quaternary nitrogens is 1. The van der Waals surface area contributed by atoms with Crippen LogP contribution in [0.25, 0.3) is 0 Å². The van der Waals surface area contributed by atoms with Crippen LogP contribution in [0.1, 0.15) is 367 Å². The van der Waals surface area contributed by atoms with E-state index in [1.165, 1.54) is 263 Å². The summed E-state index contributed by atoms with van der Waals surface area (Å²) in [6.07, 6.45) is 109. The molecule has 0 aliphatic carbocycles. The van der Waals surface area contributed by atoms with E-state index in [-0.39, 0.29) is 19.1 Å². The van der Waals surface area contributed by atoms with E-state index in [0.29, 0.717) is 17.4 Å². The van der Waals surface area contributed by atoms with Crippen molar-refractivity contribution >= 4 is 13.7 Å². The zero-order valence-electron chi connectivity index (χ0n) is 62.0. The Kier molecular flexibility index (Phi) is 71.2. The number of phosphoric acid groups is 1. The highest BCUT2D eigenvalue weighted by Crippen LogP contribution is 2.43. The van der Waals surface area contributed by atoms with Crippen LogP contribution >= 0.6 is 7.82 Å². The molecular weight excluding hydrogens is 1160 g/mol. The zero-order chi connectivity index (χ0) is 67.6. The minimum absolute atomic E-state index is 0.0539. The Balaban J connectivity index is 4.03. The van der Waals surface area contributed by atoms with Gasteiger partial charge in [-0.25, -0.2) is 4.57 Å². The summed E-state index contributed by atoms with van der Waals surface area (Å²) in [5.74, 6) is -0.184. The first kappa shape index (κ1) is 90.2. The number of carbonyl (C=O) groups excluding carboxylic acids is 1. The van der Waals surface area contributed by atoms with Gasteiger partial charge in [-0.2, -0.15) is 0 Å². The minimum Gasteiger partial charge on any atom is -0.387 e. The third-order valence-electron chi connectivity index (χ3n) is 17.7. The molecule has 3 N–H and O–H groups in total. The summed E-state index contributed by atoms with van der Waals surface area (Å²) in [6.45, 7) is 4.72. The van der Waals surface area contributed by atoms with Gasteiger partial charge < -0.3 is 19.8 Å². The number of aliphatic hydroxyl groups excluding tert-OH is 1. The van der Waals surface area contributed by atoms with Crippen molar-refractivity contribution < 1.29 is 32.9 Å². The second-order valence-electron chi connectivity index (χ2n) is 28.1. The lowest BCUT2D eigenvalue weighted by molar-refractivity contribution is -0.870. The lowest BCUT2D eigenvalue weighted by Crippen LogP contribution is -2.45. The fourth-order valence-corrected chi connectivity index (χ4v) is 12.4. The summed E-state index contributed by atoms with van der Waals surface area (Å²) >= 11 is 0. The Bertz CT molecular complexity index is 1890. The van der Waals surface area contributed by atoms with Crippen molar-refractivity contribution in [2.24, 2.45) is 0 Å². The first-order valence-corrected chi connectivity index (χ1v) is 41.3. The third kappa shape index (κ3) is 76.4. The molecule has 8 nitrogen and oxygen atoms in total. The minimum atomic E-state index is -4.37. The molecule has 0 saturated heterocycles. The van der Waals surface area contributed by atoms with Gasteiger partial charge in [0.15, 0.2) is 0 Å². The second-order valence-corrected chi connectivity index (χ2v) is 29.5. The van der Waals surface area contributed by atoms with Gasteiger partial charge >= 0.3 is 7.82 Å². The number of amides is 1. The maximum Gasteiger partial charge on any atom is 0.472 e. The van der Waals surface area contributed by atoms with Gasteiger partial charge in [0.05, 0.1) is 39.9 Å². The number of likely N-dealkylation sites (N-methyl/N-ethyl adjacent to an activating group) is 1. The van der Waals surface area contributed by atoms with Crippen LogP contribution in [0, 0.1) is 0 Å². The molecule has 0 rings (SSSR count). The largest absolute Gasteiger partial charge is 0.472 e. The van der Waals surface area contributed by atoms with Crippen molar-refractivity contribution in [2.75, 3.05) is 40.9 Å². The van der Waals surface area contributed by atoms with Gasteiger partial charge in [-0.05, 0) is 89.9 Å². The smallest absolute Gasteiger partial charge is 0.387 e. The quantitative estimate of drug-likeness (QED) is 0.0243. The second kappa shape index (κ2) is 73.4. The summed E-state index contributed by atoms with van der Waals surface area (Å²) < 4.78 is 23.9. The average Bonchev–Trinajstić information content (AvgIpc) is 1.94. The standard InChI is InChI=1S/C84H153N2O6P/c1-6-8-10-12-14-16-18-20-22-24-26-28-30-32-34-36-38-40-41-42-43-44-45-46-48-50-52-54-56-58-60-62-64-66-68-70-72-74-76-78-84(88)85-82(81-92-93(89,90)91-80-79-86(3,4)5)83(87)77-75-73-71-69-67-65-63-61-59-57-55-53-51-49-47-39-37-35-33-31-29-27-25-23-21-19-17-15-13-11-9-7-2/h8,10,14,16,20,22,26,28,32,34,38,40,42-43,67,69,75,77,82-83,87H,6-7,9,11-13,15,17-19,21,23-25,27,29-31,33,35-37,39,41,44-66,68,70-74,76,78-81H2,1-5H3,(H-,85,88,89,90)/p+1/b10-8-,16-14-,22-20-,28-26-,34-32-,40-38-,43-42-,69-67+,77-75+. The molecular formula is C84H154N2O6P+. The lowest BCUT2D eigenvalue weighted by atomic mass is 10.0. The van der Waals surface area contributed by atoms with Gasteiger partial charge in [0.25, 0.3) is 0 Å². The number of carbonyl (C=O) groups is 1. The number of allylic oxidation sites excluding steroid dienone is 17. The number of rotatable bonds is 73. The number of unbranched alkanes of at least 4 members (excludes halogenated alkanes) is 44. The Hall–Kier alpha value is -2.84. The average molecular weight is 1320 g/mol. The van der Waals surface area contributed by atoms with E-state index in [2.05, 4.69) is 116 Å². The van der Waals surface area contributed by atoms with Crippen LogP contribution in [0.5, 0.6) is 0 Å². The van der Waals surface area contributed by atoms with Crippen LogP contribution < -0.4 is 5.32 Å². The maximum absolute atomic E-state index is 13.1. The molecule has 0 aromatic carbocycles. The monoisotopic (exact) mass is 1320 g/mol. The predicted molar refractivity (Wildman–Crippen MR) is 410 cm³/mol. The molecule has 0 aromatic heterocycles. The third-order valence-corrected chi connectivity index (χ3v) is 18.7. The molecule has 0 aliphatic rings. The number of hydrogen-bond donors (Lipinski definition) is 3. The molecule has 9 heteroatoms. The van der Waals surface area contributed by atoms with Crippen LogP contribution in [0.15, 0.2) is 109 Å². The van der Waals surface area contributed by atoms with Crippen LogP contribution in [0.3, 0.4) is 0 Å². The predicted octanol–water partition coefficient (Wildman–Crippen LogP) is 26.2. The molecule has 0 fully saturated rings. The van der Waals surface area contributed by atoms with Crippen molar-refractivity contribution in [1.29, 1.82) is 0 Å². The molecule has 1 amide bonds. The molecule has 0 spiro atoms. The summed E-state index contributed by atoms with van der Waals surface area (Å²) in [5.41, 5.74) is 0. The lowest BCUT2D eigenvalue weighted by Gasteiger charge is -2.25. The van der Waals surface area contributed by atoms with E-state index in [1.807, 2.05) is 27.2 Å². The fraction of sp³-hybridized carbons (Fsp3) is 0.774. The van der Waals surface area contributed by atoms with Crippen LogP contribution in [0.2, 0.25) is 0 Å². The van der Waals surface area contributed by atoms with E-state index < -0.39 is 20.0 Å². The van der Waals surface area contributed by atoms with Crippen molar-refractivity contribution in [3.63, 3.8) is 0 Å². The molecule has 0 radical (unpaired) electrons.